The van der Waals surface area contributed by atoms with Gasteiger partial charge in [-0.2, -0.15) is 11.8 Å². The Morgan fingerprint density at radius 3 is 3.05 bits per heavy atom. The Labute approximate surface area is 117 Å². The van der Waals surface area contributed by atoms with Gasteiger partial charge >= 0.3 is 5.97 Å². The second kappa shape index (κ2) is 6.82. The molecule has 1 saturated heterocycles. The van der Waals surface area contributed by atoms with Crippen LogP contribution in [-0.2, 0) is 10.5 Å². The van der Waals surface area contributed by atoms with E-state index in [0.717, 1.165) is 36.5 Å². The average molecular weight is 282 g/mol. The fourth-order valence-electron chi connectivity index (χ4n) is 2.09. The number of carboxylic acid groups (broad SMARTS) is 1. The van der Waals surface area contributed by atoms with E-state index in [-0.39, 0.29) is 5.56 Å². The molecule has 1 aromatic carbocycles. The van der Waals surface area contributed by atoms with Gasteiger partial charge in [-0.3, -0.25) is 0 Å². The number of hydrogen-bond donors (Lipinski definition) is 1. The van der Waals surface area contributed by atoms with Crippen molar-refractivity contribution in [2.45, 2.75) is 24.7 Å². The van der Waals surface area contributed by atoms with Crippen LogP contribution < -0.4 is 4.74 Å². The zero-order chi connectivity index (χ0) is 13.7. The number of aromatic carboxylic acids is 1. The Morgan fingerprint density at radius 2 is 2.42 bits per heavy atom. The van der Waals surface area contributed by atoms with E-state index in [1.54, 1.807) is 12.1 Å². The van der Waals surface area contributed by atoms with Crippen LogP contribution in [0.3, 0.4) is 0 Å². The quantitative estimate of drug-likeness (QED) is 0.869. The molecule has 0 spiro atoms. The lowest BCUT2D eigenvalue weighted by atomic mass is 10.1. The molecule has 0 aliphatic carbocycles. The van der Waals surface area contributed by atoms with E-state index in [1.807, 2.05) is 17.8 Å². The first-order valence-electron chi connectivity index (χ1n) is 6.30. The van der Waals surface area contributed by atoms with Crippen molar-refractivity contribution < 1.29 is 19.4 Å². The molecule has 0 aromatic heterocycles. The van der Waals surface area contributed by atoms with Gasteiger partial charge in [0.1, 0.15) is 11.3 Å². The number of thioether (sulfide) groups is 1. The van der Waals surface area contributed by atoms with Crippen molar-refractivity contribution in [3.05, 3.63) is 29.3 Å². The van der Waals surface area contributed by atoms with Crippen LogP contribution >= 0.6 is 11.8 Å². The highest BCUT2D eigenvalue weighted by Crippen LogP contribution is 2.24. The fraction of sp³-hybridized carbons (Fsp3) is 0.500. The van der Waals surface area contributed by atoms with Crippen molar-refractivity contribution in [1.82, 2.24) is 0 Å². The first kappa shape index (κ1) is 14.2. The van der Waals surface area contributed by atoms with Crippen LogP contribution in [0.4, 0.5) is 0 Å². The molecule has 5 heteroatoms. The predicted octanol–water partition coefficient (Wildman–Crippen LogP) is 2.81. The monoisotopic (exact) mass is 282 g/mol. The van der Waals surface area contributed by atoms with E-state index in [4.69, 9.17) is 14.6 Å². The van der Waals surface area contributed by atoms with Gasteiger partial charge in [0.2, 0.25) is 0 Å². The van der Waals surface area contributed by atoms with E-state index in [9.17, 15) is 4.79 Å². The van der Waals surface area contributed by atoms with Crippen molar-refractivity contribution in [1.29, 1.82) is 0 Å². The van der Waals surface area contributed by atoms with Gasteiger partial charge in [0.25, 0.3) is 0 Å². The first-order chi connectivity index (χ1) is 9.20. The Morgan fingerprint density at radius 1 is 1.58 bits per heavy atom. The summed E-state index contributed by atoms with van der Waals surface area (Å²) in [4.78, 5) is 11.0. The Bertz CT molecular complexity index is 441. The summed E-state index contributed by atoms with van der Waals surface area (Å²) in [6.45, 7) is 0.881. The SMILES string of the molecule is COc1cc(CSCC2CCCO2)ccc1C(=O)O. The highest BCUT2D eigenvalue weighted by atomic mass is 32.2. The number of methoxy groups -OCH3 is 1. The second-order valence-electron chi connectivity index (χ2n) is 4.49. The average Bonchev–Trinajstić information content (AvgIpc) is 2.91. The number of carboxylic acids is 1. The number of carbonyl (C=O) groups is 1. The van der Waals surface area contributed by atoms with Crippen molar-refractivity contribution >= 4 is 17.7 Å². The summed E-state index contributed by atoms with van der Waals surface area (Å²) in [6, 6.07) is 5.24. The van der Waals surface area contributed by atoms with Crippen LogP contribution in [-0.4, -0.2) is 36.6 Å². The largest absolute Gasteiger partial charge is 0.496 e. The molecule has 0 radical (unpaired) electrons. The molecule has 4 nitrogen and oxygen atoms in total. The number of benzene rings is 1. The zero-order valence-corrected chi connectivity index (χ0v) is 11.7. The normalized spacial score (nSPS) is 18.5. The summed E-state index contributed by atoms with van der Waals surface area (Å²) < 4.78 is 10.7. The minimum absolute atomic E-state index is 0.204. The third-order valence-corrected chi connectivity index (χ3v) is 4.24. The van der Waals surface area contributed by atoms with Crippen LogP contribution in [0.15, 0.2) is 18.2 Å². The van der Waals surface area contributed by atoms with Crippen molar-refractivity contribution in [2.75, 3.05) is 19.5 Å². The Kier molecular flexibility index (Phi) is 5.10. The molecule has 1 aliphatic heterocycles. The molecule has 0 bridgehead atoms. The molecule has 0 saturated carbocycles. The molecule has 1 fully saturated rings. The van der Waals surface area contributed by atoms with Crippen molar-refractivity contribution in [3.63, 3.8) is 0 Å². The summed E-state index contributed by atoms with van der Waals surface area (Å²) in [5.41, 5.74) is 1.28. The Balaban J connectivity index is 1.91. The van der Waals surface area contributed by atoms with Gasteiger partial charge in [0.05, 0.1) is 13.2 Å². The lowest BCUT2D eigenvalue weighted by Crippen LogP contribution is -2.08. The molecule has 0 amide bonds. The standard InChI is InChI=1S/C14H18O4S/c1-17-13-7-10(4-5-12(13)14(15)16)8-19-9-11-3-2-6-18-11/h4-5,7,11H,2-3,6,8-9H2,1H3,(H,15,16). The minimum Gasteiger partial charge on any atom is -0.496 e. The molecule has 1 aliphatic rings. The summed E-state index contributed by atoms with van der Waals surface area (Å²) in [5.74, 6) is 1.29. The van der Waals surface area contributed by atoms with Crippen molar-refractivity contribution in [3.8, 4) is 5.75 Å². The second-order valence-corrected chi connectivity index (χ2v) is 5.52. The summed E-state index contributed by atoms with van der Waals surface area (Å²) >= 11 is 1.81. The fourth-order valence-corrected chi connectivity index (χ4v) is 3.14. The maximum atomic E-state index is 11.0. The number of rotatable bonds is 6. The molecular weight excluding hydrogens is 264 g/mol. The highest BCUT2D eigenvalue weighted by Gasteiger charge is 2.15. The molecule has 1 aromatic rings. The molecule has 19 heavy (non-hydrogen) atoms. The van der Waals surface area contributed by atoms with E-state index < -0.39 is 5.97 Å². The van der Waals surface area contributed by atoms with Crippen LogP contribution in [0.5, 0.6) is 5.75 Å². The lowest BCUT2D eigenvalue weighted by molar-refractivity contribution is 0.0693. The van der Waals surface area contributed by atoms with Gasteiger partial charge in [-0.15, -0.1) is 0 Å². The molecule has 1 N–H and O–H groups in total. The highest BCUT2D eigenvalue weighted by molar-refractivity contribution is 7.98. The van der Waals surface area contributed by atoms with Gasteiger partial charge in [-0.05, 0) is 30.5 Å². The van der Waals surface area contributed by atoms with Crippen molar-refractivity contribution in [2.24, 2.45) is 0 Å². The molecule has 1 unspecified atom stereocenters. The number of ether oxygens (including phenoxy) is 2. The van der Waals surface area contributed by atoms with E-state index in [1.165, 1.54) is 7.11 Å². The molecule has 2 rings (SSSR count). The van der Waals surface area contributed by atoms with Gasteiger partial charge in [-0.1, -0.05) is 6.07 Å². The van der Waals surface area contributed by atoms with Crippen LogP contribution in [0, 0.1) is 0 Å². The van der Waals surface area contributed by atoms with Crippen LogP contribution in [0.1, 0.15) is 28.8 Å². The first-order valence-corrected chi connectivity index (χ1v) is 7.45. The third kappa shape index (κ3) is 3.88. The summed E-state index contributed by atoms with van der Waals surface area (Å²) in [7, 11) is 1.49. The third-order valence-electron chi connectivity index (χ3n) is 3.09. The van der Waals surface area contributed by atoms with Crippen LogP contribution in [0.2, 0.25) is 0 Å². The Hall–Kier alpha value is -1.20. The molecule has 1 heterocycles. The molecule has 1 atom stereocenters. The van der Waals surface area contributed by atoms with Gasteiger partial charge in [-0.25, -0.2) is 4.79 Å². The maximum Gasteiger partial charge on any atom is 0.339 e. The minimum atomic E-state index is -0.963. The van der Waals surface area contributed by atoms with Gasteiger partial charge in [0, 0.05) is 18.1 Å². The van der Waals surface area contributed by atoms with Gasteiger partial charge in [0.15, 0.2) is 0 Å². The van der Waals surface area contributed by atoms with E-state index in [2.05, 4.69) is 0 Å². The van der Waals surface area contributed by atoms with Gasteiger partial charge < -0.3 is 14.6 Å². The molecule has 104 valence electrons. The van der Waals surface area contributed by atoms with Crippen LogP contribution in [0.25, 0.3) is 0 Å². The summed E-state index contributed by atoms with van der Waals surface area (Å²) in [6.07, 6.45) is 2.69. The topological polar surface area (TPSA) is 55.8 Å². The number of hydrogen-bond acceptors (Lipinski definition) is 4. The van der Waals surface area contributed by atoms with E-state index in [0.29, 0.717) is 11.9 Å². The zero-order valence-electron chi connectivity index (χ0n) is 10.9. The lowest BCUT2D eigenvalue weighted by Gasteiger charge is -2.10. The molecular formula is C14H18O4S. The predicted molar refractivity (Wildman–Crippen MR) is 75.1 cm³/mol. The summed E-state index contributed by atoms with van der Waals surface area (Å²) in [5, 5.41) is 9.01. The smallest absolute Gasteiger partial charge is 0.339 e. The maximum absolute atomic E-state index is 11.0. The van der Waals surface area contributed by atoms with E-state index >= 15 is 0 Å².